The Bertz CT molecular complexity index is 2090. The number of hydrogen-bond donors (Lipinski definition) is 1. The van der Waals surface area contributed by atoms with Gasteiger partial charge >= 0.3 is 0 Å². The van der Waals surface area contributed by atoms with Crippen LogP contribution >= 0.6 is 0 Å². The molecule has 0 fully saturated rings. The summed E-state index contributed by atoms with van der Waals surface area (Å²) in [6, 6.07) is 17.4. The number of fused-ring (bicyclic) bond motifs is 3. The van der Waals surface area contributed by atoms with Gasteiger partial charge in [-0.25, -0.2) is 0 Å². The van der Waals surface area contributed by atoms with Gasteiger partial charge in [-0.15, -0.1) is 23.6 Å². The number of pyridine rings is 1. The van der Waals surface area contributed by atoms with Gasteiger partial charge in [-0.3, -0.25) is 9.78 Å². The second-order valence-corrected chi connectivity index (χ2v) is 17.0. The summed E-state index contributed by atoms with van der Waals surface area (Å²) in [6.07, 6.45) is 6.94. The van der Waals surface area contributed by atoms with E-state index in [0.29, 0.717) is 0 Å². The molecule has 0 atom stereocenters. The molecule has 3 aromatic carbocycles. The zero-order chi connectivity index (χ0) is 36.9. The number of carbonyl (C=O) groups excluding carboxylic acids is 1. The third kappa shape index (κ3) is 7.49. The van der Waals surface area contributed by atoms with E-state index in [-0.39, 0.29) is 59.7 Å². The summed E-state index contributed by atoms with van der Waals surface area (Å²) in [4.78, 5) is 16.9. The molecular weight excluding hydrogens is 807 g/mol. The van der Waals surface area contributed by atoms with Crippen LogP contribution in [0.5, 0.6) is 0 Å². The molecule has 275 valence electrons. The van der Waals surface area contributed by atoms with Gasteiger partial charge in [-0.1, -0.05) is 129 Å². The van der Waals surface area contributed by atoms with Gasteiger partial charge in [0.2, 0.25) is 0 Å². The number of aliphatic hydroxyl groups is 1. The predicted octanol–water partition coefficient (Wildman–Crippen LogP) is 13.0. The van der Waals surface area contributed by atoms with Gasteiger partial charge in [0, 0.05) is 71.8 Å². The summed E-state index contributed by atoms with van der Waals surface area (Å²) in [7, 11) is 0. The minimum absolute atomic E-state index is 0. The smallest absolute Gasteiger partial charge is 0.162 e. The Kier molecular flexibility index (Phi) is 11.9. The molecule has 5 aromatic rings. The number of aryl methyl sites for hydroxylation is 1. The molecule has 0 amide bonds. The molecule has 1 aliphatic rings. The van der Waals surface area contributed by atoms with E-state index < -0.39 is 0 Å². The maximum atomic E-state index is 11.7. The first kappa shape index (κ1) is 40.5. The fraction of sp³-hybridized carbons (Fsp3) is 0.478. The SMILES string of the molecule is CCC(CC)C(=O)/C=C(\O)C(CC)CC.Cc1ccc2[c-]c3c(cc2c1)C(C)(C)c1ccc(C(C)(C)C)c2oc4c(C(C)(C)C)cnc-3c4c12.[Ir]. The molecule has 0 aliphatic heterocycles. The molecule has 6 rings (SSSR count). The van der Waals surface area contributed by atoms with Crippen molar-refractivity contribution in [3.63, 3.8) is 0 Å². The molecule has 0 saturated heterocycles. The number of carbonyl (C=O) groups is 1. The van der Waals surface area contributed by atoms with Crippen molar-refractivity contribution in [3.8, 4) is 11.3 Å². The maximum Gasteiger partial charge on any atom is 0.162 e. The summed E-state index contributed by atoms with van der Waals surface area (Å²) in [5.74, 6) is 0.547. The van der Waals surface area contributed by atoms with E-state index in [1.807, 2.05) is 33.9 Å². The fourth-order valence-corrected chi connectivity index (χ4v) is 7.66. The van der Waals surface area contributed by atoms with Crippen molar-refractivity contribution in [2.24, 2.45) is 11.8 Å². The van der Waals surface area contributed by atoms with Gasteiger partial charge in [-0.2, -0.15) is 0 Å². The van der Waals surface area contributed by atoms with Crippen LogP contribution in [-0.4, -0.2) is 15.9 Å². The van der Waals surface area contributed by atoms with E-state index in [1.165, 1.54) is 39.1 Å². The Hall–Kier alpha value is -3.27. The third-order valence-electron chi connectivity index (χ3n) is 11.0. The minimum atomic E-state index is -0.238. The quantitative estimate of drug-likeness (QED) is 0.101. The van der Waals surface area contributed by atoms with Crippen LogP contribution in [0, 0.1) is 24.8 Å². The summed E-state index contributed by atoms with van der Waals surface area (Å²) < 4.78 is 6.88. The van der Waals surface area contributed by atoms with Crippen molar-refractivity contribution in [1.29, 1.82) is 0 Å². The molecule has 51 heavy (non-hydrogen) atoms. The molecule has 1 radical (unpaired) electrons. The van der Waals surface area contributed by atoms with E-state index in [1.54, 1.807) is 0 Å². The van der Waals surface area contributed by atoms with E-state index in [2.05, 4.69) is 105 Å². The Morgan fingerprint density at radius 1 is 0.843 bits per heavy atom. The standard InChI is InChI=1S/C33H34NO.C13H24O2.Ir/c1-18-10-11-19-15-21-24(16-20(19)14-18)33(8,9)22-12-13-23(31(2,3)4)29-26(22)27-28(21)34-17-25(30(27)35-29)32(5,6)7;1-5-10(6-2)12(14)9-13(15)11(7-3)8-4;/h10-14,16-17H,1-9H3;9-11,14H,5-8H2,1-4H3;/q-1;;/b;12-9-;. The van der Waals surface area contributed by atoms with Crippen molar-refractivity contribution in [2.75, 3.05) is 0 Å². The maximum absolute atomic E-state index is 11.7. The van der Waals surface area contributed by atoms with E-state index in [9.17, 15) is 9.90 Å². The first-order valence-electron chi connectivity index (χ1n) is 18.7. The second kappa shape index (κ2) is 15.0. The molecule has 1 N–H and O–H groups in total. The zero-order valence-corrected chi connectivity index (χ0v) is 35.5. The van der Waals surface area contributed by atoms with Crippen molar-refractivity contribution < 1.29 is 34.4 Å². The van der Waals surface area contributed by atoms with Crippen LogP contribution in [-0.2, 0) is 41.1 Å². The molecule has 4 nitrogen and oxygen atoms in total. The van der Waals surface area contributed by atoms with Crippen LogP contribution in [0.1, 0.15) is 137 Å². The predicted molar refractivity (Wildman–Crippen MR) is 211 cm³/mol. The van der Waals surface area contributed by atoms with Gasteiger partial charge < -0.3 is 9.52 Å². The largest absolute Gasteiger partial charge is 0.512 e. The van der Waals surface area contributed by atoms with Gasteiger partial charge in [0.15, 0.2) is 5.78 Å². The van der Waals surface area contributed by atoms with E-state index in [4.69, 9.17) is 9.40 Å². The zero-order valence-electron chi connectivity index (χ0n) is 33.1. The number of rotatable bonds is 7. The molecular formula is C46H58IrNO3-. The number of aromatic nitrogens is 1. The van der Waals surface area contributed by atoms with Crippen LogP contribution in [0.2, 0.25) is 0 Å². The first-order valence-corrected chi connectivity index (χ1v) is 18.7. The molecule has 0 spiro atoms. The summed E-state index contributed by atoms with van der Waals surface area (Å²) in [5, 5.41) is 14.5. The second-order valence-electron chi connectivity index (χ2n) is 17.0. The van der Waals surface area contributed by atoms with Crippen LogP contribution in [0.15, 0.2) is 58.8 Å². The minimum Gasteiger partial charge on any atom is -0.512 e. The van der Waals surface area contributed by atoms with Gasteiger partial charge in [0.1, 0.15) is 11.2 Å². The Balaban J connectivity index is 0.000000312. The van der Waals surface area contributed by atoms with E-state index >= 15 is 0 Å². The number of ketones is 1. The number of benzene rings is 3. The molecule has 5 heteroatoms. The number of furan rings is 1. The summed E-state index contributed by atoms with van der Waals surface area (Å²) >= 11 is 0. The van der Waals surface area contributed by atoms with E-state index in [0.717, 1.165) is 64.4 Å². The summed E-state index contributed by atoms with van der Waals surface area (Å²) in [5.41, 5.74) is 9.91. The molecule has 0 unspecified atom stereocenters. The number of nitrogens with zero attached hydrogens (tertiary/aromatic N) is 1. The first-order chi connectivity index (χ1) is 23.4. The molecule has 1 aliphatic carbocycles. The normalized spacial score (nSPS) is 14.1. The topological polar surface area (TPSA) is 63.3 Å². The Morgan fingerprint density at radius 2 is 1.43 bits per heavy atom. The van der Waals surface area contributed by atoms with Crippen molar-refractivity contribution >= 4 is 38.5 Å². The van der Waals surface area contributed by atoms with Crippen LogP contribution < -0.4 is 0 Å². The van der Waals surface area contributed by atoms with Gasteiger partial charge in [0.05, 0.1) is 5.76 Å². The number of allylic oxidation sites excluding steroid dienone is 2. The molecule has 2 heterocycles. The fourth-order valence-electron chi connectivity index (χ4n) is 7.66. The van der Waals surface area contributed by atoms with Gasteiger partial charge in [-0.05, 0) is 54.4 Å². The Labute approximate surface area is 319 Å². The summed E-state index contributed by atoms with van der Waals surface area (Å²) in [6.45, 7) is 28.4. The third-order valence-corrected chi connectivity index (χ3v) is 11.0. The monoisotopic (exact) mass is 865 g/mol. The molecule has 0 bridgehead atoms. The van der Waals surface area contributed by atoms with Crippen molar-refractivity contribution in [1.82, 2.24) is 4.98 Å². The number of hydrogen-bond acceptors (Lipinski definition) is 4. The number of aliphatic hydroxyl groups excluding tert-OH is 1. The average molecular weight is 865 g/mol. The average Bonchev–Trinajstić information content (AvgIpc) is 3.40. The molecule has 2 aromatic heterocycles. The van der Waals surface area contributed by atoms with Gasteiger partial charge in [0.25, 0.3) is 0 Å². The molecule has 0 saturated carbocycles. The Morgan fingerprint density at radius 3 is 2.00 bits per heavy atom. The van der Waals surface area contributed by atoms with Crippen LogP contribution in [0.25, 0.3) is 44.0 Å². The van der Waals surface area contributed by atoms with Crippen molar-refractivity contribution in [3.05, 3.63) is 88.3 Å². The van der Waals surface area contributed by atoms with Crippen LogP contribution in [0.4, 0.5) is 0 Å². The van der Waals surface area contributed by atoms with Crippen LogP contribution in [0.3, 0.4) is 0 Å². The van der Waals surface area contributed by atoms with Crippen molar-refractivity contribution in [2.45, 2.75) is 132 Å².